The molecule has 1 amide bonds. The predicted molar refractivity (Wildman–Crippen MR) is 97.7 cm³/mol. The Hall–Kier alpha value is -2.34. The van der Waals surface area contributed by atoms with Crippen LogP contribution in [0.4, 0.5) is 5.69 Å². The highest BCUT2D eigenvalue weighted by Gasteiger charge is 2.21. The molecule has 0 N–H and O–H groups in total. The second-order valence-electron chi connectivity index (χ2n) is 5.61. The Kier molecular flexibility index (Phi) is 5.15. The van der Waals surface area contributed by atoms with Crippen molar-refractivity contribution in [2.75, 3.05) is 38.2 Å². The topological polar surface area (TPSA) is 45.7 Å². The van der Waals surface area contributed by atoms with Crippen LogP contribution in [0.15, 0.2) is 35.7 Å². The summed E-state index contributed by atoms with van der Waals surface area (Å²) in [5.74, 6) is 0.913. The number of rotatable bonds is 4. The molecule has 0 bridgehead atoms. The average molecular weight is 343 g/mol. The van der Waals surface area contributed by atoms with E-state index >= 15 is 0 Å². The first-order valence-corrected chi connectivity index (χ1v) is 8.82. The van der Waals surface area contributed by atoms with Crippen LogP contribution < -0.4 is 9.64 Å². The van der Waals surface area contributed by atoms with Gasteiger partial charge in [-0.1, -0.05) is 12.1 Å². The van der Waals surface area contributed by atoms with E-state index < -0.39 is 0 Å². The van der Waals surface area contributed by atoms with E-state index in [1.54, 1.807) is 30.6 Å². The number of benzene rings is 1. The van der Waals surface area contributed by atoms with Crippen molar-refractivity contribution in [3.63, 3.8) is 0 Å². The zero-order chi connectivity index (χ0) is 16.9. The summed E-state index contributed by atoms with van der Waals surface area (Å²) in [6, 6.07) is 7.99. The Morgan fingerprint density at radius 3 is 2.67 bits per heavy atom. The van der Waals surface area contributed by atoms with E-state index in [-0.39, 0.29) is 5.91 Å². The van der Waals surface area contributed by atoms with Gasteiger partial charge in [-0.05, 0) is 25.1 Å². The molecule has 1 aromatic heterocycles. The van der Waals surface area contributed by atoms with Crippen LogP contribution in [0.2, 0.25) is 0 Å². The summed E-state index contributed by atoms with van der Waals surface area (Å²) in [6.07, 6.45) is 3.41. The Morgan fingerprint density at radius 2 is 2.00 bits per heavy atom. The zero-order valence-corrected chi connectivity index (χ0v) is 14.8. The van der Waals surface area contributed by atoms with Crippen molar-refractivity contribution in [2.45, 2.75) is 6.92 Å². The van der Waals surface area contributed by atoms with Crippen molar-refractivity contribution in [2.24, 2.45) is 0 Å². The molecule has 3 rings (SSSR count). The molecule has 0 radical (unpaired) electrons. The second-order valence-corrected chi connectivity index (χ2v) is 6.67. The van der Waals surface area contributed by atoms with Gasteiger partial charge in [-0.25, -0.2) is 4.98 Å². The molecule has 1 aromatic carbocycles. The molecule has 1 saturated heterocycles. The minimum Gasteiger partial charge on any atom is -0.495 e. The Balaban J connectivity index is 1.58. The average Bonchev–Trinajstić information content (AvgIpc) is 3.05. The van der Waals surface area contributed by atoms with Crippen molar-refractivity contribution in [3.8, 4) is 5.75 Å². The molecule has 0 unspecified atom stereocenters. The number of methoxy groups -OCH3 is 1. The maximum Gasteiger partial charge on any atom is 0.246 e. The largest absolute Gasteiger partial charge is 0.495 e. The van der Waals surface area contributed by atoms with Crippen LogP contribution in [0.25, 0.3) is 6.08 Å². The number of amides is 1. The summed E-state index contributed by atoms with van der Waals surface area (Å²) < 4.78 is 5.42. The number of aryl methyl sites for hydroxylation is 1. The summed E-state index contributed by atoms with van der Waals surface area (Å²) in [5.41, 5.74) is 1.93. The normalized spacial score (nSPS) is 15.1. The van der Waals surface area contributed by atoms with Crippen LogP contribution in [0, 0.1) is 6.92 Å². The molecule has 2 aromatic rings. The second kappa shape index (κ2) is 7.49. The first-order valence-electron chi connectivity index (χ1n) is 7.94. The quantitative estimate of drug-likeness (QED) is 0.801. The number of anilines is 1. The van der Waals surface area contributed by atoms with Crippen LogP contribution in [0.3, 0.4) is 0 Å². The van der Waals surface area contributed by atoms with Crippen LogP contribution in [-0.4, -0.2) is 49.1 Å². The van der Waals surface area contributed by atoms with E-state index in [2.05, 4.69) is 16.0 Å². The molecule has 0 aliphatic carbocycles. The highest BCUT2D eigenvalue weighted by molar-refractivity contribution is 7.09. The summed E-state index contributed by atoms with van der Waals surface area (Å²) in [6.45, 7) is 4.97. The molecule has 6 heteroatoms. The molecule has 1 fully saturated rings. The van der Waals surface area contributed by atoms with Crippen LogP contribution in [-0.2, 0) is 4.79 Å². The fraction of sp³-hybridized carbons (Fsp3) is 0.333. The number of carbonyl (C=O) groups is 1. The smallest absolute Gasteiger partial charge is 0.246 e. The number of aromatic nitrogens is 1. The summed E-state index contributed by atoms with van der Waals surface area (Å²) in [4.78, 5) is 20.8. The third-order valence-corrected chi connectivity index (χ3v) is 4.84. The molecule has 0 spiro atoms. The lowest BCUT2D eigenvalue weighted by Crippen LogP contribution is -2.48. The van der Waals surface area contributed by atoms with E-state index in [0.717, 1.165) is 35.2 Å². The highest BCUT2D eigenvalue weighted by atomic mass is 32.1. The standard InChI is InChI=1S/C18H21N3O2S/c1-14-19-15(13-24-14)7-8-18(22)21-11-9-20(10-12-21)16-5-3-4-6-17(16)23-2/h3-8,13H,9-12H2,1-2H3/b8-7+. The number of hydrogen-bond donors (Lipinski definition) is 0. The van der Waals surface area contributed by atoms with Crippen molar-refractivity contribution >= 4 is 29.0 Å². The third kappa shape index (κ3) is 3.76. The number of thiazole rings is 1. The van der Waals surface area contributed by atoms with Crippen LogP contribution in [0.1, 0.15) is 10.7 Å². The lowest BCUT2D eigenvalue weighted by Gasteiger charge is -2.36. The summed E-state index contributed by atoms with van der Waals surface area (Å²) >= 11 is 1.59. The molecular formula is C18H21N3O2S. The van der Waals surface area contributed by atoms with E-state index in [1.807, 2.05) is 35.4 Å². The zero-order valence-electron chi connectivity index (χ0n) is 13.9. The van der Waals surface area contributed by atoms with Crippen molar-refractivity contribution in [1.29, 1.82) is 0 Å². The predicted octanol–water partition coefficient (Wildman–Crippen LogP) is 2.82. The molecule has 0 saturated carbocycles. The number of hydrogen-bond acceptors (Lipinski definition) is 5. The molecule has 1 aliphatic rings. The summed E-state index contributed by atoms with van der Waals surface area (Å²) in [5, 5.41) is 2.96. The number of ether oxygens (including phenoxy) is 1. The van der Waals surface area contributed by atoms with Gasteiger partial charge >= 0.3 is 0 Å². The minimum atomic E-state index is 0.0420. The van der Waals surface area contributed by atoms with Gasteiger partial charge in [0.1, 0.15) is 5.75 Å². The van der Waals surface area contributed by atoms with Gasteiger partial charge in [-0.2, -0.15) is 0 Å². The van der Waals surface area contributed by atoms with Crippen molar-refractivity contribution in [1.82, 2.24) is 9.88 Å². The van der Waals surface area contributed by atoms with Crippen molar-refractivity contribution in [3.05, 3.63) is 46.4 Å². The van der Waals surface area contributed by atoms with Gasteiger partial charge in [0.05, 0.1) is 23.5 Å². The minimum absolute atomic E-state index is 0.0420. The number of piperazine rings is 1. The van der Waals surface area contributed by atoms with Crippen molar-refractivity contribution < 1.29 is 9.53 Å². The molecule has 0 atom stereocenters. The number of nitrogens with zero attached hydrogens (tertiary/aromatic N) is 3. The molecule has 24 heavy (non-hydrogen) atoms. The lowest BCUT2D eigenvalue weighted by molar-refractivity contribution is -0.126. The van der Waals surface area contributed by atoms with Gasteiger partial charge < -0.3 is 14.5 Å². The van der Waals surface area contributed by atoms with Gasteiger partial charge in [0.2, 0.25) is 5.91 Å². The Labute approximate surface area is 146 Å². The molecular weight excluding hydrogens is 322 g/mol. The van der Waals surface area contributed by atoms with Gasteiger partial charge in [-0.3, -0.25) is 4.79 Å². The first kappa shape index (κ1) is 16.5. The molecule has 5 nitrogen and oxygen atoms in total. The van der Waals surface area contributed by atoms with E-state index in [9.17, 15) is 4.79 Å². The molecule has 2 heterocycles. The van der Waals surface area contributed by atoms with E-state index in [1.165, 1.54) is 0 Å². The van der Waals surface area contributed by atoms with Gasteiger partial charge in [0.25, 0.3) is 0 Å². The van der Waals surface area contributed by atoms with E-state index in [4.69, 9.17) is 4.74 Å². The van der Waals surface area contributed by atoms with Crippen LogP contribution in [0.5, 0.6) is 5.75 Å². The molecule has 126 valence electrons. The van der Waals surface area contributed by atoms with E-state index in [0.29, 0.717) is 13.1 Å². The fourth-order valence-corrected chi connectivity index (χ4v) is 3.36. The molecule has 1 aliphatic heterocycles. The fourth-order valence-electron chi connectivity index (χ4n) is 2.78. The monoisotopic (exact) mass is 343 g/mol. The van der Waals surface area contributed by atoms with Gasteiger partial charge in [-0.15, -0.1) is 11.3 Å². The highest BCUT2D eigenvalue weighted by Crippen LogP contribution is 2.28. The third-order valence-electron chi connectivity index (χ3n) is 4.05. The Bertz CT molecular complexity index is 733. The maximum absolute atomic E-state index is 12.3. The van der Waals surface area contributed by atoms with Gasteiger partial charge in [0, 0.05) is 37.6 Å². The number of carbonyl (C=O) groups excluding carboxylic acids is 1. The van der Waals surface area contributed by atoms with Crippen LogP contribution >= 0.6 is 11.3 Å². The lowest BCUT2D eigenvalue weighted by atomic mass is 10.2. The Morgan fingerprint density at radius 1 is 1.25 bits per heavy atom. The maximum atomic E-state index is 12.3. The summed E-state index contributed by atoms with van der Waals surface area (Å²) in [7, 11) is 1.68. The SMILES string of the molecule is COc1ccccc1N1CCN(C(=O)/C=C/c2csc(C)n2)CC1. The number of para-hydroxylation sites is 2. The first-order chi connectivity index (χ1) is 11.7. The van der Waals surface area contributed by atoms with Gasteiger partial charge in [0.15, 0.2) is 0 Å².